The topological polar surface area (TPSA) is 69.7 Å². The Morgan fingerprint density at radius 3 is 2.50 bits per heavy atom. The zero-order valence-corrected chi connectivity index (χ0v) is 19.5. The van der Waals surface area contributed by atoms with Crippen molar-refractivity contribution in [2.24, 2.45) is 0 Å². The molecule has 1 fully saturated rings. The summed E-state index contributed by atoms with van der Waals surface area (Å²) in [5, 5.41) is 2.86. The Morgan fingerprint density at radius 1 is 1.03 bits per heavy atom. The van der Waals surface area contributed by atoms with Gasteiger partial charge in [-0.1, -0.05) is 24.3 Å². The van der Waals surface area contributed by atoms with Gasteiger partial charge in [0.15, 0.2) is 0 Å². The molecular formula is C26H22FN3O3S. The summed E-state index contributed by atoms with van der Waals surface area (Å²) in [6.45, 7) is 3.76. The lowest BCUT2D eigenvalue weighted by Gasteiger charge is -2.33. The minimum Gasteiger partial charge on any atom is -0.325 e. The second kappa shape index (κ2) is 8.29. The Labute approximate surface area is 200 Å². The molecule has 6 nitrogen and oxygen atoms in total. The van der Waals surface area contributed by atoms with Gasteiger partial charge in [0.05, 0.1) is 11.4 Å². The molecule has 5 rings (SSSR count). The second-order valence-electron chi connectivity index (χ2n) is 8.39. The maximum atomic E-state index is 13.9. The molecule has 1 atom stereocenters. The highest BCUT2D eigenvalue weighted by atomic mass is 32.2. The minimum atomic E-state index is -1.34. The van der Waals surface area contributed by atoms with E-state index in [1.54, 1.807) is 24.3 Å². The Hall–Kier alpha value is -3.65. The van der Waals surface area contributed by atoms with Crippen LogP contribution in [-0.2, 0) is 19.3 Å². The van der Waals surface area contributed by atoms with Crippen molar-refractivity contribution < 1.29 is 18.8 Å². The fraction of sp³-hybridized carbons (Fsp3) is 0.192. The van der Waals surface area contributed by atoms with Crippen LogP contribution in [0.15, 0.2) is 66.7 Å². The lowest BCUT2D eigenvalue weighted by atomic mass is 10.0. The molecule has 1 unspecified atom stereocenters. The van der Waals surface area contributed by atoms with Gasteiger partial charge in [0, 0.05) is 16.9 Å². The van der Waals surface area contributed by atoms with Gasteiger partial charge in [0.1, 0.15) is 12.4 Å². The van der Waals surface area contributed by atoms with Crippen LogP contribution in [0.5, 0.6) is 0 Å². The number of hydrogen-bond donors (Lipinski definition) is 1. The summed E-state index contributed by atoms with van der Waals surface area (Å²) in [7, 11) is 0. The molecule has 0 bridgehead atoms. The lowest BCUT2D eigenvalue weighted by molar-refractivity contribution is -0.124. The Morgan fingerprint density at radius 2 is 1.76 bits per heavy atom. The predicted molar refractivity (Wildman–Crippen MR) is 131 cm³/mol. The van der Waals surface area contributed by atoms with Gasteiger partial charge in [-0.05, 0) is 67.4 Å². The highest BCUT2D eigenvalue weighted by Crippen LogP contribution is 2.55. The highest BCUT2D eigenvalue weighted by Gasteiger charge is 2.61. The molecule has 8 heteroatoms. The molecule has 2 aliphatic heterocycles. The number of rotatable bonds is 4. The molecule has 0 aliphatic carbocycles. The Balaban J connectivity index is 1.50. The Bertz CT molecular complexity index is 1330. The normalized spacial score (nSPS) is 19.1. The van der Waals surface area contributed by atoms with Crippen LogP contribution in [0.1, 0.15) is 16.7 Å². The van der Waals surface area contributed by atoms with Gasteiger partial charge >= 0.3 is 0 Å². The largest absolute Gasteiger partial charge is 0.325 e. The predicted octanol–water partition coefficient (Wildman–Crippen LogP) is 4.36. The number of amides is 3. The highest BCUT2D eigenvalue weighted by molar-refractivity contribution is 8.02. The maximum absolute atomic E-state index is 13.9. The standard InChI is InChI=1S/C26H22FN3O3S/c1-16-7-10-19(13-17(16)2)28-23(31)14-29-22-6-4-3-5-21(22)26(25(29)33)30(24(32)15-34-26)20-11-8-18(27)9-12-20/h3-13H,14-15H2,1-2H3,(H,28,31). The van der Waals surface area contributed by atoms with Crippen molar-refractivity contribution in [3.05, 3.63) is 89.2 Å². The van der Waals surface area contributed by atoms with E-state index in [0.717, 1.165) is 11.1 Å². The van der Waals surface area contributed by atoms with E-state index >= 15 is 0 Å². The van der Waals surface area contributed by atoms with E-state index in [-0.39, 0.29) is 30.0 Å². The molecule has 172 valence electrons. The van der Waals surface area contributed by atoms with E-state index in [4.69, 9.17) is 0 Å². The summed E-state index contributed by atoms with van der Waals surface area (Å²) in [5.74, 6) is -1.29. The molecule has 1 saturated heterocycles. The summed E-state index contributed by atoms with van der Waals surface area (Å²) in [5.41, 5.74) is 4.47. The smallest absolute Gasteiger partial charge is 0.269 e. The van der Waals surface area contributed by atoms with Crippen molar-refractivity contribution in [2.45, 2.75) is 18.7 Å². The molecule has 0 radical (unpaired) electrons. The van der Waals surface area contributed by atoms with E-state index in [1.165, 1.54) is 45.8 Å². The van der Waals surface area contributed by atoms with E-state index in [0.29, 0.717) is 22.6 Å². The van der Waals surface area contributed by atoms with Crippen LogP contribution >= 0.6 is 11.8 Å². The Kier molecular flexibility index (Phi) is 5.40. The number of aryl methyl sites for hydroxylation is 2. The molecule has 2 aliphatic rings. The number of anilines is 3. The van der Waals surface area contributed by atoms with E-state index in [2.05, 4.69) is 5.32 Å². The molecule has 34 heavy (non-hydrogen) atoms. The van der Waals surface area contributed by atoms with Crippen molar-refractivity contribution in [3.63, 3.8) is 0 Å². The van der Waals surface area contributed by atoms with Crippen molar-refractivity contribution >= 4 is 46.5 Å². The molecular weight excluding hydrogens is 453 g/mol. The number of halogens is 1. The van der Waals surface area contributed by atoms with Crippen LogP contribution in [0.25, 0.3) is 0 Å². The first-order valence-electron chi connectivity index (χ1n) is 10.8. The van der Waals surface area contributed by atoms with Crippen LogP contribution in [0.2, 0.25) is 0 Å². The number of fused-ring (bicyclic) bond motifs is 2. The SMILES string of the molecule is Cc1ccc(NC(=O)CN2C(=O)C3(SCC(=O)N3c3ccc(F)cc3)c3ccccc32)cc1C. The van der Waals surface area contributed by atoms with E-state index < -0.39 is 10.7 Å². The number of thioether (sulfide) groups is 1. The average Bonchev–Trinajstić information content (AvgIpc) is 3.28. The maximum Gasteiger partial charge on any atom is 0.269 e. The third kappa shape index (κ3) is 3.45. The van der Waals surface area contributed by atoms with E-state index in [9.17, 15) is 18.8 Å². The van der Waals surface area contributed by atoms with Gasteiger partial charge in [-0.2, -0.15) is 0 Å². The molecule has 0 aromatic heterocycles. The third-order valence-corrected chi connectivity index (χ3v) is 7.63. The summed E-state index contributed by atoms with van der Waals surface area (Å²) in [6.07, 6.45) is 0. The molecule has 3 aromatic rings. The van der Waals surface area contributed by atoms with Crippen molar-refractivity contribution in [3.8, 4) is 0 Å². The number of para-hydroxylation sites is 1. The molecule has 2 heterocycles. The second-order valence-corrected chi connectivity index (χ2v) is 9.56. The lowest BCUT2D eigenvalue weighted by Crippen LogP contribution is -2.50. The average molecular weight is 476 g/mol. The number of carbonyl (C=O) groups excluding carboxylic acids is 3. The molecule has 1 spiro atoms. The van der Waals surface area contributed by atoms with Crippen LogP contribution in [0.4, 0.5) is 21.5 Å². The monoisotopic (exact) mass is 475 g/mol. The zero-order chi connectivity index (χ0) is 24.0. The molecule has 3 aromatic carbocycles. The molecule has 0 saturated carbocycles. The third-order valence-electron chi connectivity index (χ3n) is 6.24. The van der Waals surface area contributed by atoms with Gasteiger partial charge in [-0.25, -0.2) is 4.39 Å². The van der Waals surface area contributed by atoms with Crippen molar-refractivity contribution in [2.75, 3.05) is 27.4 Å². The fourth-order valence-corrected chi connectivity index (χ4v) is 5.83. The minimum absolute atomic E-state index is 0.0974. The van der Waals surface area contributed by atoms with Crippen molar-refractivity contribution in [1.29, 1.82) is 0 Å². The number of benzene rings is 3. The van der Waals surface area contributed by atoms with Gasteiger partial charge in [-0.15, -0.1) is 11.8 Å². The summed E-state index contributed by atoms with van der Waals surface area (Å²) in [6, 6.07) is 18.3. The number of hydrogen-bond acceptors (Lipinski definition) is 4. The van der Waals surface area contributed by atoms with E-state index in [1.807, 2.05) is 32.0 Å². The number of nitrogens with zero attached hydrogens (tertiary/aromatic N) is 2. The molecule has 3 amide bonds. The van der Waals surface area contributed by atoms with Crippen LogP contribution in [-0.4, -0.2) is 30.0 Å². The summed E-state index contributed by atoms with van der Waals surface area (Å²) in [4.78, 5) is 41.3. The van der Waals surface area contributed by atoms with Gasteiger partial charge in [-0.3, -0.25) is 24.2 Å². The number of nitrogens with one attached hydrogen (secondary N) is 1. The summed E-state index contributed by atoms with van der Waals surface area (Å²) >= 11 is 1.22. The summed E-state index contributed by atoms with van der Waals surface area (Å²) < 4.78 is 13.6. The van der Waals surface area contributed by atoms with Gasteiger partial charge in [0.25, 0.3) is 5.91 Å². The van der Waals surface area contributed by atoms with Gasteiger partial charge < -0.3 is 5.32 Å². The zero-order valence-electron chi connectivity index (χ0n) is 18.7. The van der Waals surface area contributed by atoms with Crippen molar-refractivity contribution in [1.82, 2.24) is 0 Å². The first-order chi connectivity index (χ1) is 16.3. The number of carbonyl (C=O) groups is 3. The first kappa shape index (κ1) is 22.2. The van der Waals surface area contributed by atoms with Crippen LogP contribution in [0.3, 0.4) is 0 Å². The quantitative estimate of drug-likeness (QED) is 0.609. The van der Waals surface area contributed by atoms with Crippen LogP contribution < -0.4 is 15.1 Å². The fourth-order valence-electron chi connectivity index (χ4n) is 4.47. The van der Waals surface area contributed by atoms with Gasteiger partial charge in [0.2, 0.25) is 16.7 Å². The molecule has 1 N–H and O–H groups in total. The van der Waals surface area contributed by atoms with Crippen LogP contribution in [0, 0.1) is 19.7 Å². The first-order valence-corrected chi connectivity index (χ1v) is 11.8.